The second kappa shape index (κ2) is 9.97. The van der Waals surface area contributed by atoms with Crippen LogP contribution in [0.2, 0.25) is 5.02 Å². The molecule has 0 aliphatic rings. The number of hydrogen-bond acceptors (Lipinski definition) is 6. The van der Waals surface area contributed by atoms with Gasteiger partial charge >= 0.3 is 0 Å². The average Bonchev–Trinajstić information content (AvgIpc) is 3.53. The van der Waals surface area contributed by atoms with Gasteiger partial charge in [-0.1, -0.05) is 27.5 Å². The molecule has 0 saturated heterocycles. The number of furan rings is 2. The third kappa shape index (κ3) is 5.65. The minimum absolute atomic E-state index is 0.0568. The smallest absolute Gasteiger partial charge is 0.291 e. The Bertz CT molecular complexity index is 1280. The highest BCUT2D eigenvalue weighted by Gasteiger charge is 2.20. The summed E-state index contributed by atoms with van der Waals surface area (Å²) in [6.07, 6.45) is 3.05. The molecule has 4 aromatic rings. The Morgan fingerprint density at radius 3 is 2.79 bits per heavy atom. The van der Waals surface area contributed by atoms with Crippen molar-refractivity contribution in [2.24, 2.45) is 7.05 Å². The molecule has 0 atom stereocenters. The Kier molecular flexibility index (Phi) is 6.85. The first kappa shape index (κ1) is 22.7. The molecule has 3 heterocycles. The highest BCUT2D eigenvalue weighted by Crippen LogP contribution is 2.28. The normalized spacial score (nSPS) is 10.8. The van der Waals surface area contributed by atoms with E-state index in [4.69, 9.17) is 25.2 Å². The first-order valence-corrected chi connectivity index (χ1v) is 10.9. The van der Waals surface area contributed by atoms with Crippen LogP contribution < -0.4 is 15.4 Å². The van der Waals surface area contributed by atoms with E-state index in [9.17, 15) is 9.59 Å². The molecule has 33 heavy (non-hydrogen) atoms. The second-order valence-corrected chi connectivity index (χ2v) is 8.23. The van der Waals surface area contributed by atoms with Crippen molar-refractivity contribution in [3.8, 4) is 5.75 Å². The molecule has 9 nitrogen and oxygen atoms in total. The first-order valence-electron chi connectivity index (χ1n) is 9.71. The molecule has 0 aliphatic heterocycles. The van der Waals surface area contributed by atoms with Gasteiger partial charge in [-0.15, -0.1) is 0 Å². The van der Waals surface area contributed by atoms with Crippen LogP contribution in [0.3, 0.4) is 0 Å². The van der Waals surface area contributed by atoms with E-state index in [0.29, 0.717) is 22.3 Å². The lowest BCUT2D eigenvalue weighted by Gasteiger charge is -2.07. The SMILES string of the molecule is Cn1cc(NC(=O)c2ccc(COc3ccc(Br)cc3Cl)o2)c(C(=O)NCc2ccco2)n1. The number of nitrogens with one attached hydrogen (secondary N) is 2. The van der Waals surface area contributed by atoms with Crippen LogP contribution in [0.4, 0.5) is 5.69 Å². The molecule has 2 amide bonds. The summed E-state index contributed by atoms with van der Waals surface area (Å²) in [5.41, 5.74) is 0.313. The van der Waals surface area contributed by atoms with Crippen molar-refractivity contribution >= 4 is 45.0 Å². The summed E-state index contributed by atoms with van der Waals surface area (Å²) in [6, 6.07) is 11.9. The van der Waals surface area contributed by atoms with E-state index in [2.05, 4.69) is 31.7 Å². The first-order chi connectivity index (χ1) is 15.9. The average molecular weight is 534 g/mol. The minimum Gasteiger partial charge on any atom is -0.484 e. The number of carbonyl (C=O) groups excluding carboxylic acids is 2. The molecule has 0 radical (unpaired) electrons. The maximum Gasteiger partial charge on any atom is 0.291 e. The molecule has 170 valence electrons. The molecule has 0 aliphatic carbocycles. The van der Waals surface area contributed by atoms with E-state index >= 15 is 0 Å². The van der Waals surface area contributed by atoms with Gasteiger partial charge in [0.25, 0.3) is 11.8 Å². The molecule has 0 bridgehead atoms. The number of aromatic nitrogens is 2. The molecular formula is C22H18BrClN4O5. The van der Waals surface area contributed by atoms with E-state index < -0.39 is 11.8 Å². The number of amides is 2. The Labute approximate surface area is 201 Å². The number of halogens is 2. The van der Waals surface area contributed by atoms with Gasteiger partial charge in [-0.05, 0) is 42.5 Å². The lowest BCUT2D eigenvalue weighted by Crippen LogP contribution is -2.25. The van der Waals surface area contributed by atoms with Crippen molar-refractivity contribution in [3.05, 3.63) is 87.4 Å². The van der Waals surface area contributed by atoms with Crippen LogP contribution in [0.5, 0.6) is 5.75 Å². The number of hydrogen-bond donors (Lipinski definition) is 2. The zero-order valence-electron chi connectivity index (χ0n) is 17.3. The largest absolute Gasteiger partial charge is 0.484 e. The number of nitrogens with zero attached hydrogens (tertiary/aromatic N) is 2. The lowest BCUT2D eigenvalue weighted by atomic mass is 10.3. The fraction of sp³-hybridized carbons (Fsp3) is 0.136. The number of anilines is 1. The third-order valence-electron chi connectivity index (χ3n) is 4.44. The number of aryl methyl sites for hydroxylation is 1. The molecule has 0 fully saturated rings. The van der Waals surface area contributed by atoms with Gasteiger partial charge in [0.1, 0.15) is 23.9 Å². The lowest BCUT2D eigenvalue weighted by molar-refractivity contribution is 0.0943. The molecule has 3 aromatic heterocycles. The van der Waals surface area contributed by atoms with Gasteiger partial charge in [-0.25, -0.2) is 0 Å². The van der Waals surface area contributed by atoms with E-state index in [1.807, 2.05) is 0 Å². The summed E-state index contributed by atoms with van der Waals surface area (Å²) in [5, 5.41) is 9.94. The van der Waals surface area contributed by atoms with E-state index in [0.717, 1.165) is 4.47 Å². The zero-order chi connectivity index (χ0) is 23.4. The van der Waals surface area contributed by atoms with Crippen LogP contribution in [0.15, 0.2) is 68.2 Å². The summed E-state index contributed by atoms with van der Waals surface area (Å²) < 4.78 is 18.7. The minimum atomic E-state index is -0.531. The van der Waals surface area contributed by atoms with Gasteiger partial charge in [-0.2, -0.15) is 5.10 Å². The molecule has 11 heteroatoms. The van der Waals surface area contributed by atoms with Crippen LogP contribution in [-0.4, -0.2) is 21.6 Å². The Morgan fingerprint density at radius 1 is 1.18 bits per heavy atom. The predicted octanol–water partition coefficient (Wildman–Crippen LogP) is 4.78. The fourth-order valence-corrected chi connectivity index (χ4v) is 3.64. The summed E-state index contributed by atoms with van der Waals surface area (Å²) >= 11 is 9.47. The third-order valence-corrected chi connectivity index (χ3v) is 5.23. The number of ether oxygens (including phenoxy) is 1. The second-order valence-electron chi connectivity index (χ2n) is 6.91. The molecule has 0 unspecified atom stereocenters. The molecule has 0 spiro atoms. The summed E-state index contributed by atoms with van der Waals surface area (Å²) in [7, 11) is 1.65. The van der Waals surface area contributed by atoms with Crippen molar-refractivity contribution < 1.29 is 23.2 Å². The van der Waals surface area contributed by atoms with E-state index in [-0.39, 0.29) is 30.3 Å². The topological polar surface area (TPSA) is 112 Å². The van der Waals surface area contributed by atoms with Gasteiger partial charge in [0.05, 0.1) is 23.5 Å². The fourth-order valence-electron chi connectivity index (χ4n) is 2.91. The Morgan fingerprint density at radius 2 is 2.03 bits per heavy atom. The molecule has 4 rings (SSSR count). The van der Waals surface area contributed by atoms with Crippen molar-refractivity contribution in [1.29, 1.82) is 0 Å². The van der Waals surface area contributed by atoms with Gasteiger partial charge in [0.15, 0.2) is 11.5 Å². The highest BCUT2D eigenvalue weighted by atomic mass is 79.9. The van der Waals surface area contributed by atoms with Gasteiger partial charge in [0.2, 0.25) is 0 Å². The van der Waals surface area contributed by atoms with Crippen LogP contribution in [0.1, 0.15) is 32.6 Å². The Hall–Kier alpha value is -3.50. The maximum atomic E-state index is 12.7. The van der Waals surface area contributed by atoms with Gasteiger partial charge in [-0.3, -0.25) is 14.3 Å². The van der Waals surface area contributed by atoms with Crippen molar-refractivity contribution in [1.82, 2.24) is 15.1 Å². The Balaban J connectivity index is 1.38. The number of carbonyl (C=O) groups is 2. The number of benzene rings is 1. The molecule has 2 N–H and O–H groups in total. The van der Waals surface area contributed by atoms with Crippen LogP contribution in [0.25, 0.3) is 0 Å². The monoisotopic (exact) mass is 532 g/mol. The van der Waals surface area contributed by atoms with Crippen LogP contribution >= 0.6 is 27.5 Å². The molecule has 0 saturated carbocycles. The van der Waals surface area contributed by atoms with Crippen molar-refractivity contribution in [2.45, 2.75) is 13.2 Å². The van der Waals surface area contributed by atoms with Crippen LogP contribution in [-0.2, 0) is 20.2 Å². The predicted molar refractivity (Wildman–Crippen MR) is 123 cm³/mol. The van der Waals surface area contributed by atoms with Gasteiger partial charge in [0, 0.05) is 17.7 Å². The summed E-state index contributed by atoms with van der Waals surface area (Å²) in [5.74, 6) is 0.587. The van der Waals surface area contributed by atoms with Crippen molar-refractivity contribution in [2.75, 3.05) is 5.32 Å². The van der Waals surface area contributed by atoms with Crippen LogP contribution in [0, 0.1) is 0 Å². The van der Waals surface area contributed by atoms with E-state index in [1.54, 1.807) is 43.4 Å². The van der Waals surface area contributed by atoms with Crippen molar-refractivity contribution in [3.63, 3.8) is 0 Å². The zero-order valence-corrected chi connectivity index (χ0v) is 19.6. The standard InChI is InChI=1S/C22H18BrClN4O5/c1-28-11-17(20(27-28)22(30)25-10-14-3-2-8-31-14)26-21(29)19-7-5-15(33-19)12-32-18-6-4-13(23)9-16(18)24/h2-9,11H,10,12H2,1H3,(H,25,30)(H,26,29). The number of rotatable bonds is 8. The molecular weight excluding hydrogens is 516 g/mol. The quantitative estimate of drug-likeness (QED) is 0.337. The molecule has 1 aromatic carbocycles. The highest BCUT2D eigenvalue weighted by molar-refractivity contribution is 9.10. The maximum absolute atomic E-state index is 12.7. The van der Waals surface area contributed by atoms with Gasteiger partial charge < -0.3 is 24.2 Å². The summed E-state index contributed by atoms with van der Waals surface area (Å²) in [6.45, 7) is 0.279. The van der Waals surface area contributed by atoms with E-state index in [1.165, 1.54) is 23.2 Å². The summed E-state index contributed by atoms with van der Waals surface area (Å²) in [4.78, 5) is 25.2.